The zero-order chi connectivity index (χ0) is 11.7. The van der Waals surface area contributed by atoms with Gasteiger partial charge in [-0.05, 0) is 0 Å². The molecular formula is C14H21Cl2SiZr. The molecule has 0 saturated heterocycles. The molecule has 0 aliphatic heterocycles. The van der Waals surface area contributed by atoms with E-state index in [1.807, 2.05) is 6.56 Å². The van der Waals surface area contributed by atoms with E-state index in [9.17, 15) is 0 Å². The molecule has 0 fully saturated rings. The van der Waals surface area contributed by atoms with Gasteiger partial charge in [0.15, 0.2) is 0 Å². The van der Waals surface area contributed by atoms with E-state index in [1.165, 1.54) is 12.8 Å². The molecule has 0 atom stereocenters. The Balaban J connectivity index is 0.00000144. The van der Waals surface area contributed by atoms with Gasteiger partial charge in [-0.2, -0.15) is 0 Å². The molecule has 0 N–H and O–H groups in total. The monoisotopic (exact) mass is 377 g/mol. The molecule has 0 saturated carbocycles. The molecule has 0 aromatic rings. The molecule has 99 valence electrons. The van der Waals surface area contributed by atoms with E-state index in [1.54, 1.807) is 11.1 Å². The maximum Gasteiger partial charge on any atom is -1.00 e. The molecule has 0 spiro atoms. The fourth-order valence-electron chi connectivity index (χ4n) is 2.75. The third-order valence-corrected chi connectivity index (χ3v) is 23.5. The van der Waals surface area contributed by atoms with E-state index >= 15 is 0 Å². The van der Waals surface area contributed by atoms with Gasteiger partial charge in [-0.15, -0.1) is 0 Å². The van der Waals surface area contributed by atoms with Gasteiger partial charge in [0.05, 0.1) is 0 Å². The van der Waals surface area contributed by atoms with Crippen LogP contribution < -0.4 is 24.8 Å². The summed E-state index contributed by atoms with van der Waals surface area (Å²) >= 11 is -1.40. The van der Waals surface area contributed by atoms with E-state index in [2.05, 4.69) is 51.2 Å². The predicted octanol–water partition coefficient (Wildman–Crippen LogP) is -1.94. The minimum atomic E-state index is -1.40. The van der Waals surface area contributed by atoms with Gasteiger partial charge in [0.1, 0.15) is 0 Å². The molecule has 0 aromatic carbocycles. The summed E-state index contributed by atoms with van der Waals surface area (Å²) in [5, 5.41) is 0. The van der Waals surface area contributed by atoms with Crippen molar-refractivity contribution in [2.45, 2.75) is 39.8 Å². The largest absolute Gasteiger partial charge is 1.00 e. The fraction of sp³-hybridized carbons (Fsp3) is 0.429. The van der Waals surface area contributed by atoms with Crippen LogP contribution in [0.5, 0.6) is 0 Å². The van der Waals surface area contributed by atoms with Crippen LogP contribution in [0.25, 0.3) is 0 Å². The standard InChI is InChI=1S/2C6H7.C2H7Si.2ClH.Zr/c2*1-6-4-2-3-5-6;1-3-2;;;/h2*2,4H,3H2,1H3;3H,1-2H3;2*1H;/q;;;;;+2/p-2. The van der Waals surface area contributed by atoms with E-state index in [0.29, 0.717) is 0 Å². The molecule has 4 heteroatoms. The van der Waals surface area contributed by atoms with Crippen molar-refractivity contribution in [2.24, 2.45) is 0 Å². The molecule has 0 unspecified atom stereocenters. The Bertz CT molecular complexity index is 384. The van der Waals surface area contributed by atoms with Crippen molar-refractivity contribution in [2.75, 3.05) is 0 Å². The van der Waals surface area contributed by atoms with Crippen LogP contribution in [-0.4, -0.2) is 5.92 Å². The molecule has 0 bridgehead atoms. The first kappa shape index (κ1) is 18.6. The average molecular weight is 380 g/mol. The summed E-state index contributed by atoms with van der Waals surface area (Å²) in [5.41, 5.74) is 3.23. The van der Waals surface area contributed by atoms with Crippen molar-refractivity contribution in [3.8, 4) is 0 Å². The van der Waals surface area contributed by atoms with Crippen molar-refractivity contribution in [1.82, 2.24) is 0 Å². The Kier molecular flexibility index (Phi) is 8.33. The van der Waals surface area contributed by atoms with Gasteiger partial charge in [-0.3, -0.25) is 0 Å². The summed E-state index contributed by atoms with van der Waals surface area (Å²) in [4.78, 5) is 0. The molecule has 2 rings (SSSR count). The zero-order valence-corrected chi connectivity index (χ0v) is 16.7. The summed E-state index contributed by atoms with van der Waals surface area (Å²) in [6.07, 6.45) is 12.0. The number of rotatable bonds is 3. The number of hydrogen-bond donors (Lipinski definition) is 0. The Morgan fingerprint density at radius 3 is 1.50 bits per heavy atom. The first-order chi connectivity index (χ1) is 7.61. The first-order valence-electron chi connectivity index (χ1n) is 6.21. The van der Waals surface area contributed by atoms with Gasteiger partial charge in [-0.1, -0.05) is 0 Å². The van der Waals surface area contributed by atoms with Gasteiger partial charge in [-0.25, -0.2) is 0 Å². The van der Waals surface area contributed by atoms with Gasteiger partial charge in [0.25, 0.3) is 0 Å². The van der Waals surface area contributed by atoms with Crippen LogP contribution in [0, 0.1) is 0 Å². The maximum absolute atomic E-state index is 2.58. The third-order valence-electron chi connectivity index (χ3n) is 3.56. The molecule has 0 radical (unpaired) electrons. The Morgan fingerprint density at radius 2 is 1.28 bits per heavy atom. The third kappa shape index (κ3) is 3.82. The Hall–Kier alpha value is 0.640. The van der Waals surface area contributed by atoms with Crippen LogP contribution in [0.1, 0.15) is 26.7 Å². The minimum Gasteiger partial charge on any atom is -1.00 e. The van der Waals surface area contributed by atoms with Crippen LogP contribution in [0.15, 0.2) is 42.0 Å². The van der Waals surface area contributed by atoms with Gasteiger partial charge < -0.3 is 24.8 Å². The van der Waals surface area contributed by atoms with Crippen LogP contribution in [0.3, 0.4) is 0 Å². The Morgan fingerprint density at radius 1 is 0.889 bits per heavy atom. The van der Waals surface area contributed by atoms with Crippen LogP contribution in [0.2, 0.25) is 13.1 Å². The van der Waals surface area contributed by atoms with Gasteiger partial charge >= 0.3 is 109 Å². The van der Waals surface area contributed by atoms with E-state index in [-0.39, 0.29) is 24.8 Å². The SMILES string of the molecule is CC1=[C]([Zr+2]([C]2=C(C)C=CC2)[SiH](C)C)CC=C1.[Cl-].[Cl-]. The van der Waals surface area contributed by atoms with E-state index in [4.69, 9.17) is 0 Å². The minimum absolute atomic E-state index is 0. The van der Waals surface area contributed by atoms with Crippen molar-refractivity contribution in [3.05, 3.63) is 42.0 Å². The smallest absolute Gasteiger partial charge is 1.00 e. The summed E-state index contributed by atoms with van der Waals surface area (Å²) in [7, 11) is 0. The summed E-state index contributed by atoms with van der Waals surface area (Å²) < 4.78 is 3.81. The number of halogens is 2. The topological polar surface area (TPSA) is 0 Å². The van der Waals surface area contributed by atoms with Crippen molar-refractivity contribution in [1.29, 1.82) is 0 Å². The molecule has 0 heterocycles. The second-order valence-electron chi connectivity index (χ2n) is 5.10. The number of allylic oxidation sites excluding steroid dienone is 8. The average Bonchev–Trinajstić information content (AvgIpc) is 2.79. The zero-order valence-electron chi connectivity index (χ0n) is 11.6. The molecule has 0 nitrogen and oxygen atoms in total. The van der Waals surface area contributed by atoms with Crippen molar-refractivity contribution in [3.63, 3.8) is 0 Å². The van der Waals surface area contributed by atoms with Gasteiger partial charge in [0, 0.05) is 0 Å². The molecule has 18 heavy (non-hydrogen) atoms. The first-order valence-corrected chi connectivity index (χ1v) is 15.8. The molecule has 0 amide bonds. The Labute approximate surface area is 132 Å². The second-order valence-corrected chi connectivity index (χ2v) is 24.3. The molecule has 2 aliphatic rings. The maximum atomic E-state index is 2.58. The summed E-state index contributed by atoms with van der Waals surface area (Å²) in [6.45, 7) is 9.81. The second kappa shape index (κ2) is 8.04. The molecular weight excluding hydrogens is 358 g/mol. The molecule has 2 aliphatic carbocycles. The van der Waals surface area contributed by atoms with E-state index in [0.717, 1.165) is 0 Å². The van der Waals surface area contributed by atoms with Crippen LogP contribution in [-0.2, 0) is 20.9 Å². The quantitative estimate of drug-likeness (QED) is 0.501. The van der Waals surface area contributed by atoms with Crippen molar-refractivity contribution >= 4 is 5.92 Å². The fourth-order valence-corrected chi connectivity index (χ4v) is 23.6. The van der Waals surface area contributed by atoms with Crippen LogP contribution in [0.4, 0.5) is 0 Å². The molecule has 0 aromatic heterocycles. The summed E-state index contributed by atoms with van der Waals surface area (Å²) in [5.74, 6) is -0.468. The van der Waals surface area contributed by atoms with Gasteiger partial charge in [0.2, 0.25) is 0 Å². The number of hydrogen-bond acceptors (Lipinski definition) is 0. The van der Waals surface area contributed by atoms with Crippen LogP contribution >= 0.6 is 0 Å². The predicted molar refractivity (Wildman–Crippen MR) is 71.8 cm³/mol. The normalized spacial score (nSPS) is 17.4. The van der Waals surface area contributed by atoms with E-state index < -0.39 is 26.8 Å². The summed E-state index contributed by atoms with van der Waals surface area (Å²) in [6, 6.07) is 0. The van der Waals surface area contributed by atoms with Crippen molar-refractivity contribution < 1.29 is 45.7 Å².